The van der Waals surface area contributed by atoms with Gasteiger partial charge in [0.05, 0.1) is 25.5 Å². The molecule has 3 rings (SSSR count). The van der Waals surface area contributed by atoms with Gasteiger partial charge in [-0.15, -0.1) is 0 Å². The first-order chi connectivity index (χ1) is 9.31. The molecule has 0 saturated heterocycles. The van der Waals surface area contributed by atoms with Crippen LogP contribution in [0.3, 0.4) is 0 Å². The Bertz CT molecular complexity index is 579. The second-order valence-corrected chi connectivity index (χ2v) is 4.75. The van der Waals surface area contributed by atoms with Gasteiger partial charge in [0.25, 0.3) is 0 Å². The third kappa shape index (κ3) is 2.28. The molecule has 1 aliphatic heterocycles. The van der Waals surface area contributed by atoms with Crippen LogP contribution in [0, 0.1) is 0 Å². The van der Waals surface area contributed by atoms with Gasteiger partial charge < -0.3 is 4.74 Å². The number of nitrogens with one attached hydrogen (secondary N) is 1. The molecule has 5 nitrogen and oxygen atoms in total. The molecule has 5 heteroatoms. The summed E-state index contributed by atoms with van der Waals surface area (Å²) in [7, 11) is 0. The summed E-state index contributed by atoms with van der Waals surface area (Å²) in [6.07, 6.45) is 3.88. The minimum atomic E-state index is -0.0359. The Morgan fingerprint density at radius 1 is 1.37 bits per heavy atom. The number of benzene rings is 1. The molecule has 0 fully saturated rings. The van der Waals surface area contributed by atoms with Gasteiger partial charge in [-0.2, -0.15) is 5.10 Å². The number of fused-ring (bicyclic) bond motifs is 1. The van der Waals surface area contributed by atoms with Gasteiger partial charge in [0.1, 0.15) is 0 Å². The molecule has 0 spiro atoms. The lowest BCUT2D eigenvalue weighted by atomic mass is 9.98. The fourth-order valence-electron chi connectivity index (χ4n) is 2.46. The normalized spacial score (nSPS) is 15.5. The van der Waals surface area contributed by atoms with Gasteiger partial charge in [-0.1, -0.05) is 18.2 Å². The SMILES string of the molecule is CCn1cc(C(NN)c2ccc3c(c2)COC3)cn1. The van der Waals surface area contributed by atoms with E-state index in [1.165, 1.54) is 11.1 Å². The van der Waals surface area contributed by atoms with Gasteiger partial charge in [0.2, 0.25) is 0 Å². The van der Waals surface area contributed by atoms with Crippen molar-refractivity contribution >= 4 is 0 Å². The highest BCUT2D eigenvalue weighted by Gasteiger charge is 2.18. The highest BCUT2D eigenvalue weighted by molar-refractivity contribution is 5.37. The molecule has 100 valence electrons. The van der Waals surface area contributed by atoms with Gasteiger partial charge in [-0.3, -0.25) is 10.5 Å². The van der Waals surface area contributed by atoms with E-state index in [9.17, 15) is 0 Å². The molecule has 0 bridgehead atoms. The zero-order chi connectivity index (χ0) is 13.2. The zero-order valence-electron chi connectivity index (χ0n) is 11.0. The number of aryl methyl sites for hydroxylation is 1. The molecule has 1 aromatic heterocycles. The van der Waals surface area contributed by atoms with Gasteiger partial charge in [0.15, 0.2) is 0 Å². The third-order valence-electron chi connectivity index (χ3n) is 3.56. The Morgan fingerprint density at radius 2 is 2.21 bits per heavy atom. The highest BCUT2D eigenvalue weighted by Crippen LogP contribution is 2.26. The van der Waals surface area contributed by atoms with Gasteiger partial charge >= 0.3 is 0 Å². The predicted molar refractivity (Wildman–Crippen MR) is 72.0 cm³/mol. The molecule has 2 heterocycles. The fraction of sp³-hybridized carbons (Fsp3) is 0.357. The van der Waals surface area contributed by atoms with Gasteiger partial charge in [-0.05, 0) is 23.6 Å². The number of ether oxygens (including phenoxy) is 1. The van der Waals surface area contributed by atoms with E-state index in [-0.39, 0.29) is 6.04 Å². The van der Waals surface area contributed by atoms with E-state index < -0.39 is 0 Å². The molecule has 1 atom stereocenters. The topological polar surface area (TPSA) is 65.1 Å². The van der Waals surface area contributed by atoms with Crippen molar-refractivity contribution in [3.05, 3.63) is 52.8 Å². The minimum absolute atomic E-state index is 0.0359. The smallest absolute Gasteiger partial charge is 0.0740 e. The van der Waals surface area contributed by atoms with Crippen LogP contribution in [0.5, 0.6) is 0 Å². The summed E-state index contributed by atoms with van der Waals surface area (Å²) < 4.78 is 7.34. The number of nitrogens with zero attached hydrogens (tertiary/aromatic N) is 2. The summed E-state index contributed by atoms with van der Waals surface area (Å²) in [5.41, 5.74) is 7.60. The highest BCUT2D eigenvalue weighted by atomic mass is 16.5. The second-order valence-electron chi connectivity index (χ2n) is 4.75. The molecule has 19 heavy (non-hydrogen) atoms. The van der Waals surface area contributed by atoms with Crippen LogP contribution in [0.4, 0.5) is 0 Å². The molecule has 1 aromatic carbocycles. The summed E-state index contributed by atoms with van der Waals surface area (Å²) in [4.78, 5) is 0. The number of aromatic nitrogens is 2. The summed E-state index contributed by atoms with van der Waals surface area (Å²) in [6, 6.07) is 6.34. The largest absolute Gasteiger partial charge is 0.372 e. The van der Waals surface area contributed by atoms with E-state index in [0.717, 1.165) is 17.7 Å². The lowest BCUT2D eigenvalue weighted by Gasteiger charge is -2.15. The van der Waals surface area contributed by atoms with Crippen LogP contribution in [0.2, 0.25) is 0 Å². The standard InChI is InChI=1S/C14H18N4O/c1-2-18-7-13(6-16-18)14(17-15)10-3-4-11-8-19-9-12(11)5-10/h3-7,14,17H,2,8-9,15H2,1H3. The predicted octanol–water partition coefficient (Wildman–Crippen LogP) is 1.49. The number of rotatable bonds is 4. The lowest BCUT2D eigenvalue weighted by Crippen LogP contribution is -2.28. The Kier molecular flexibility index (Phi) is 3.33. The van der Waals surface area contributed by atoms with Crippen molar-refractivity contribution in [2.45, 2.75) is 32.7 Å². The first-order valence-electron chi connectivity index (χ1n) is 6.49. The maximum atomic E-state index is 5.71. The Labute approximate surface area is 112 Å². The van der Waals surface area contributed by atoms with Crippen molar-refractivity contribution in [3.63, 3.8) is 0 Å². The number of nitrogens with two attached hydrogens (primary N) is 1. The van der Waals surface area contributed by atoms with E-state index in [1.54, 1.807) is 0 Å². The monoisotopic (exact) mass is 258 g/mol. The summed E-state index contributed by atoms with van der Waals surface area (Å²) in [6.45, 7) is 4.32. The molecule has 1 aliphatic rings. The van der Waals surface area contributed by atoms with Crippen LogP contribution >= 0.6 is 0 Å². The van der Waals surface area contributed by atoms with E-state index >= 15 is 0 Å². The Balaban J connectivity index is 1.93. The van der Waals surface area contributed by atoms with Crippen molar-refractivity contribution < 1.29 is 4.74 Å². The van der Waals surface area contributed by atoms with Gasteiger partial charge in [0, 0.05) is 18.3 Å². The number of hydrazine groups is 1. The van der Waals surface area contributed by atoms with E-state index in [2.05, 4.69) is 35.6 Å². The van der Waals surface area contributed by atoms with Crippen molar-refractivity contribution in [2.24, 2.45) is 5.84 Å². The first-order valence-corrected chi connectivity index (χ1v) is 6.49. The number of hydrogen-bond acceptors (Lipinski definition) is 4. The second kappa shape index (κ2) is 5.13. The molecule has 3 N–H and O–H groups in total. The van der Waals surface area contributed by atoms with E-state index in [1.807, 2.05) is 17.1 Å². The Hall–Kier alpha value is -1.69. The molecule has 0 saturated carbocycles. The minimum Gasteiger partial charge on any atom is -0.372 e. The summed E-state index contributed by atoms with van der Waals surface area (Å²) in [5.74, 6) is 5.71. The molecule has 0 aliphatic carbocycles. The van der Waals surface area contributed by atoms with Gasteiger partial charge in [-0.25, -0.2) is 5.43 Å². The van der Waals surface area contributed by atoms with Crippen LogP contribution < -0.4 is 11.3 Å². The van der Waals surface area contributed by atoms with Crippen LogP contribution in [0.15, 0.2) is 30.6 Å². The molecular weight excluding hydrogens is 240 g/mol. The quantitative estimate of drug-likeness (QED) is 0.644. The third-order valence-corrected chi connectivity index (χ3v) is 3.56. The van der Waals surface area contributed by atoms with Crippen LogP contribution in [-0.2, 0) is 24.5 Å². The lowest BCUT2D eigenvalue weighted by molar-refractivity contribution is 0.134. The van der Waals surface area contributed by atoms with Crippen molar-refractivity contribution in [1.29, 1.82) is 0 Å². The molecular formula is C14H18N4O. The molecule has 1 unspecified atom stereocenters. The maximum Gasteiger partial charge on any atom is 0.0740 e. The average Bonchev–Trinajstić information content (AvgIpc) is 3.07. The number of hydrogen-bond donors (Lipinski definition) is 2. The summed E-state index contributed by atoms with van der Waals surface area (Å²) >= 11 is 0. The van der Waals surface area contributed by atoms with E-state index in [0.29, 0.717) is 13.2 Å². The molecule has 0 amide bonds. The van der Waals surface area contributed by atoms with Crippen LogP contribution in [0.1, 0.15) is 35.2 Å². The average molecular weight is 258 g/mol. The maximum absolute atomic E-state index is 5.71. The summed E-state index contributed by atoms with van der Waals surface area (Å²) in [5, 5.41) is 4.30. The van der Waals surface area contributed by atoms with Crippen molar-refractivity contribution in [2.75, 3.05) is 0 Å². The van der Waals surface area contributed by atoms with Crippen LogP contribution in [0.25, 0.3) is 0 Å². The van der Waals surface area contributed by atoms with Crippen LogP contribution in [-0.4, -0.2) is 9.78 Å². The fourth-order valence-corrected chi connectivity index (χ4v) is 2.46. The first kappa shape index (κ1) is 12.3. The molecule has 0 radical (unpaired) electrons. The zero-order valence-corrected chi connectivity index (χ0v) is 11.0. The molecule has 2 aromatic rings. The van der Waals surface area contributed by atoms with Crippen molar-refractivity contribution in [3.8, 4) is 0 Å². The van der Waals surface area contributed by atoms with E-state index in [4.69, 9.17) is 10.6 Å². The Morgan fingerprint density at radius 3 is 2.95 bits per heavy atom. The van der Waals surface area contributed by atoms with Crippen molar-refractivity contribution in [1.82, 2.24) is 15.2 Å².